The van der Waals surface area contributed by atoms with E-state index >= 15 is 0 Å². The summed E-state index contributed by atoms with van der Waals surface area (Å²) in [5.41, 5.74) is -0.994. The Morgan fingerprint density at radius 2 is 1.96 bits per heavy atom. The Morgan fingerprint density at radius 1 is 1.31 bits per heavy atom. The second-order valence-electron chi connectivity index (χ2n) is 5.52. The number of alkyl halides is 3. The summed E-state index contributed by atoms with van der Waals surface area (Å²) in [4.78, 5) is 27.4. The van der Waals surface area contributed by atoms with Gasteiger partial charge in [0.05, 0.1) is 16.2 Å². The van der Waals surface area contributed by atoms with Crippen LogP contribution in [0.4, 0.5) is 18.9 Å². The number of nitro benzene ring substituents is 1. The monoisotopic (exact) mass is 387 g/mol. The number of non-ortho nitro benzene ring substituents is 1. The third-order valence-corrected chi connectivity index (χ3v) is 3.97. The maximum Gasteiger partial charge on any atom is 0.433 e. The van der Waals surface area contributed by atoms with Crippen LogP contribution in [0.25, 0.3) is 0 Å². The van der Waals surface area contributed by atoms with Crippen LogP contribution in [0, 0.1) is 17.0 Å². The largest absolute Gasteiger partial charge is 0.433 e. The second-order valence-corrected chi connectivity index (χ2v) is 5.93. The number of amides is 1. The van der Waals surface area contributed by atoms with Gasteiger partial charge < -0.3 is 4.90 Å². The van der Waals surface area contributed by atoms with Gasteiger partial charge >= 0.3 is 6.18 Å². The highest BCUT2D eigenvalue weighted by Gasteiger charge is 2.33. The first-order chi connectivity index (χ1) is 12.0. The maximum absolute atomic E-state index is 12.7. The van der Waals surface area contributed by atoms with Crippen LogP contribution in [0.3, 0.4) is 0 Å². The van der Waals surface area contributed by atoms with Crippen LogP contribution >= 0.6 is 11.6 Å². The molecular weight excluding hydrogens is 375 g/mol. The van der Waals surface area contributed by atoms with E-state index in [9.17, 15) is 28.1 Å². The Kier molecular flexibility index (Phi) is 5.50. The van der Waals surface area contributed by atoms with Gasteiger partial charge in [-0.25, -0.2) is 4.98 Å². The molecule has 0 aliphatic heterocycles. The number of benzene rings is 1. The zero-order valence-electron chi connectivity index (χ0n) is 13.7. The first kappa shape index (κ1) is 19.6. The summed E-state index contributed by atoms with van der Waals surface area (Å²) in [5, 5.41) is 11.1. The van der Waals surface area contributed by atoms with Crippen molar-refractivity contribution in [2.45, 2.75) is 19.6 Å². The minimum Gasteiger partial charge on any atom is -0.337 e. The molecule has 0 aliphatic carbocycles. The molecule has 10 heteroatoms. The number of hydrogen-bond donors (Lipinski definition) is 0. The van der Waals surface area contributed by atoms with Crippen molar-refractivity contribution in [3.8, 4) is 0 Å². The van der Waals surface area contributed by atoms with Gasteiger partial charge in [-0.05, 0) is 30.7 Å². The van der Waals surface area contributed by atoms with Crippen molar-refractivity contribution in [1.29, 1.82) is 0 Å². The fraction of sp³-hybridized carbons (Fsp3) is 0.250. The van der Waals surface area contributed by atoms with Crippen molar-refractivity contribution in [3.63, 3.8) is 0 Å². The molecular formula is C16H13ClF3N3O3. The molecule has 0 N–H and O–H groups in total. The van der Waals surface area contributed by atoms with E-state index in [-0.39, 0.29) is 28.5 Å². The first-order valence-electron chi connectivity index (χ1n) is 7.24. The SMILES string of the molecule is Cc1nc(C(F)(F)F)ccc1C(=O)N(C)Cc1cc([N+](=O)[O-])ccc1Cl. The number of carbonyl (C=O) groups is 1. The van der Waals surface area contributed by atoms with Gasteiger partial charge in [0.15, 0.2) is 0 Å². The summed E-state index contributed by atoms with van der Waals surface area (Å²) >= 11 is 6.00. The Bertz CT molecular complexity index is 872. The minimum atomic E-state index is -4.60. The van der Waals surface area contributed by atoms with Gasteiger partial charge in [0.2, 0.25) is 0 Å². The van der Waals surface area contributed by atoms with Gasteiger partial charge in [0, 0.05) is 30.7 Å². The number of carbonyl (C=O) groups excluding carboxylic acids is 1. The van der Waals surface area contributed by atoms with Gasteiger partial charge in [0.25, 0.3) is 11.6 Å². The topological polar surface area (TPSA) is 76.3 Å². The Balaban J connectivity index is 2.26. The molecule has 1 aromatic carbocycles. The number of pyridine rings is 1. The molecule has 1 aromatic heterocycles. The lowest BCUT2D eigenvalue weighted by atomic mass is 10.1. The molecule has 0 radical (unpaired) electrons. The molecule has 0 spiro atoms. The Labute approximate surface area is 151 Å². The highest BCUT2D eigenvalue weighted by atomic mass is 35.5. The van der Waals surface area contributed by atoms with Gasteiger partial charge in [0.1, 0.15) is 5.69 Å². The van der Waals surface area contributed by atoms with Crippen molar-refractivity contribution < 1.29 is 22.9 Å². The molecule has 6 nitrogen and oxygen atoms in total. The average Bonchev–Trinajstić information content (AvgIpc) is 2.55. The number of halogens is 4. The Morgan fingerprint density at radius 3 is 2.50 bits per heavy atom. The van der Waals surface area contributed by atoms with E-state index in [1.165, 1.54) is 37.1 Å². The molecule has 1 heterocycles. The van der Waals surface area contributed by atoms with Crippen molar-refractivity contribution in [1.82, 2.24) is 9.88 Å². The standard InChI is InChI=1S/C16H13ClF3N3O3/c1-9-12(4-6-14(21-9)16(18,19)20)15(24)22(2)8-10-7-11(23(25)26)3-5-13(10)17/h3-7H,8H2,1-2H3. The highest BCUT2D eigenvalue weighted by Crippen LogP contribution is 2.28. The summed E-state index contributed by atoms with van der Waals surface area (Å²) in [6, 6.07) is 5.60. The summed E-state index contributed by atoms with van der Waals surface area (Å²) in [5.74, 6) is -0.578. The quantitative estimate of drug-likeness (QED) is 0.580. The lowest BCUT2D eigenvalue weighted by Crippen LogP contribution is -2.27. The zero-order chi connectivity index (χ0) is 19.6. The number of rotatable bonds is 4. The first-order valence-corrected chi connectivity index (χ1v) is 7.61. The maximum atomic E-state index is 12.7. The van der Waals surface area contributed by atoms with Crippen molar-refractivity contribution in [2.75, 3.05) is 7.05 Å². The fourth-order valence-electron chi connectivity index (χ4n) is 2.27. The third-order valence-electron chi connectivity index (χ3n) is 3.60. The van der Waals surface area contributed by atoms with E-state index in [4.69, 9.17) is 11.6 Å². The normalized spacial score (nSPS) is 11.3. The molecule has 0 aliphatic rings. The summed E-state index contributed by atoms with van der Waals surface area (Å²) < 4.78 is 38.0. The van der Waals surface area contributed by atoms with Gasteiger partial charge in [-0.15, -0.1) is 0 Å². The average molecular weight is 388 g/mol. The number of nitrogens with zero attached hydrogens (tertiary/aromatic N) is 3. The number of hydrogen-bond acceptors (Lipinski definition) is 4. The molecule has 26 heavy (non-hydrogen) atoms. The van der Waals surface area contributed by atoms with Crippen LogP contribution < -0.4 is 0 Å². The van der Waals surface area contributed by atoms with E-state index in [0.717, 1.165) is 12.1 Å². The number of aromatic nitrogens is 1. The highest BCUT2D eigenvalue weighted by molar-refractivity contribution is 6.31. The van der Waals surface area contributed by atoms with Crippen LogP contribution in [0.1, 0.15) is 27.3 Å². The smallest absolute Gasteiger partial charge is 0.337 e. The molecule has 0 bridgehead atoms. The van der Waals surface area contributed by atoms with E-state index in [1.54, 1.807) is 0 Å². The van der Waals surface area contributed by atoms with Crippen LogP contribution in [-0.2, 0) is 12.7 Å². The number of nitro groups is 1. The van der Waals surface area contributed by atoms with E-state index in [1.807, 2.05) is 0 Å². The lowest BCUT2D eigenvalue weighted by Gasteiger charge is -2.19. The van der Waals surface area contributed by atoms with Gasteiger partial charge in [-0.1, -0.05) is 11.6 Å². The second kappa shape index (κ2) is 7.28. The number of aryl methyl sites for hydroxylation is 1. The zero-order valence-corrected chi connectivity index (χ0v) is 14.4. The van der Waals surface area contributed by atoms with Crippen molar-refractivity contribution in [3.05, 3.63) is 68.0 Å². The summed E-state index contributed by atoms with van der Waals surface area (Å²) in [7, 11) is 1.41. The van der Waals surface area contributed by atoms with Crippen LogP contribution in [0.15, 0.2) is 30.3 Å². The van der Waals surface area contributed by atoms with Crippen LogP contribution in [0.2, 0.25) is 5.02 Å². The lowest BCUT2D eigenvalue weighted by molar-refractivity contribution is -0.384. The van der Waals surface area contributed by atoms with Crippen molar-refractivity contribution >= 4 is 23.2 Å². The Hall–Kier alpha value is -2.68. The van der Waals surface area contributed by atoms with Crippen molar-refractivity contribution in [2.24, 2.45) is 0 Å². The molecule has 2 rings (SSSR count). The minimum absolute atomic E-state index is 0.00190. The molecule has 0 saturated heterocycles. The molecule has 0 atom stereocenters. The predicted molar refractivity (Wildman–Crippen MR) is 87.9 cm³/mol. The molecule has 1 amide bonds. The van der Waals surface area contributed by atoms with E-state index < -0.39 is 22.7 Å². The molecule has 138 valence electrons. The van der Waals surface area contributed by atoms with E-state index in [2.05, 4.69) is 4.98 Å². The van der Waals surface area contributed by atoms with Crippen LogP contribution in [0.5, 0.6) is 0 Å². The molecule has 0 saturated carbocycles. The summed E-state index contributed by atoms with van der Waals surface area (Å²) in [6.07, 6.45) is -4.60. The summed E-state index contributed by atoms with van der Waals surface area (Å²) in [6.45, 7) is 1.25. The molecule has 0 fully saturated rings. The molecule has 0 unspecified atom stereocenters. The van der Waals surface area contributed by atoms with Crippen LogP contribution in [-0.4, -0.2) is 27.8 Å². The van der Waals surface area contributed by atoms with E-state index in [0.29, 0.717) is 5.56 Å². The van der Waals surface area contributed by atoms with Gasteiger partial charge in [-0.2, -0.15) is 13.2 Å². The fourth-order valence-corrected chi connectivity index (χ4v) is 2.45. The third kappa shape index (κ3) is 4.29. The predicted octanol–water partition coefficient (Wildman–Crippen LogP) is 4.24. The molecule has 2 aromatic rings. The van der Waals surface area contributed by atoms with Gasteiger partial charge in [-0.3, -0.25) is 14.9 Å².